The normalized spacial score (nSPS) is 21.2. The Bertz CT molecular complexity index is 488. The monoisotopic (exact) mass is 315 g/mol. The molecule has 3 rings (SSSR count). The van der Waals surface area contributed by atoms with Crippen molar-refractivity contribution in [2.75, 3.05) is 13.1 Å². The van der Waals surface area contributed by atoms with Gasteiger partial charge in [0, 0.05) is 12.0 Å². The Morgan fingerprint density at radius 1 is 1.04 bits per heavy atom. The van der Waals surface area contributed by atoms with Gasteiger partial charge in [0.2, 0.25) is 0 Å². The fraction of sp³-hybridized carbons (Fsp3) is 0.650. The Hall–Kier alpha value is -1.35. The molecule has 3 heteroatoms. The molecule has 0 spiro atoms. The third kappa shape index (κ3) is 4.35. The highest BCUT2D eigenvalue weighted by molar-refractivity contribution is 5.76. The molecule has 2 aliphatic carbocycles. The van der Waals surface area contributed by atoms with Crippen molar-refractivity contribution in [3.63, 3.8) is 0 Å². The van der Waals surface area contributed by atoms with E-state index in [1.165, 1.54) is 63.4 Å². The van der Waals surface area contributed by atoms with Gasteiger partial charge < -0.3 is 10.6 Å². The molecule has 0 atom stereocenters. The van der Waals surface area contributed by atoms with E-state index in [1.807, 2.05) is 0 Å². The van der Waals surface area contributed by atoms with Crippen LogP contribution in [-0.4, -0.2) is 25.0 Å². The Labute approximate surface area is 140 Å². The molecule has 3 N–H and O–H groups in total. The highest BCUT2D eigenvalue weighted by Gasteiger charge is 2.35. The summed E-state index contributed by atoms with van der Waals surface area (Å²) in [5, 5.41) is 5.50. The van der Waals surface area contributed by atoms with E-state index in [-0.39, 0.29) is 11.3 Å². The maximum Gasteiger partial charge on any atom is 0.275 e. The predicted octanol–water partition coefficient (Wildman–Crippen LogP) is 2.51. The lowest BCUT2D eigenvalue weighted by Crippen LogP contribution is -2.92. The number of hydrogen-bond donors (Lipinski definition) is 2. The summed E-state index contributed by atoms with van der Waals surface area (Å²) in [6, 6.07) is 11.4. The average molecular weight is 315 g/mol. The van der Waals surface area contributed by atoms with E-state index in [4.69, 9.17) is 0 Å². The number of rotatable bonds is 6. The van der Waals surface area contributed by atoms with Crippen molar-refractivity contribution < 1.29 is 10.1 Å². The number of hydrogen-bond acceptors (Lipinski definition) is 1. The van der Waals surface area contributed by atoms with Gasteiger partial charge in [-0.1, -0.05) is 49.6 Å². The highest BCUT2D eigenvalue weighted by Crippen LogP contribution is 2.40. The van der Waals surface area contributed by atoms with Crippen LogP contribution >= 0.6 is 0 Å². The number of quaternary nitrogens is 1. The summed E-state index contributed by atoms with van der Waals surface area (Å²) >= 11 is 0. The van der Waals surface area contributed by atoms with E-state index in [0.29, 0.717) is 12.6 Å². The molecular formula is C20H31N2O+. The third-order valence-corrected chi connectivity index (χ3v) is 5.86. The van der Waals surface area contributed by atoms with Gasteiger partial charge in [0.25, 0.3) is 5.91 Å². The molecule has 1 aromatic carbocycles. The molecule has 2 saturated carbocycles. The summed E-state index contributed by atoms with van der Waals surface area (Å²) < 4.78 is 0. The lowest BCUT2D eigenvalue weighted by molar-refractivity contribution is -0.681. The molecule has 23 heavy (non-hydrogen) atoms. The van der Waals surface area contributed by atoms with Gasteiger partial charge in [-0.3, -0.25) is 4.79 Å². The molecule has 0 bridgehead atoms. The molecule has 0 aromatic heterocycles. The van der Waals surface area contributed by atoms with Gasteiger partial charge in [-0.2, -0.15) is 0 Å². The van der Waals surface area contributed by atoms with Crippen molar-refractivity contribution in [1.82, 2.24) is 5.32 Å². The van der Waals surface area contributed by atoms with Crippen LogP contribution in [0, 0.1) is 0 Å². The fourth-order valence-electron chi connectivity index (χ4n) is 4.39. The number of carbonyl (C=O) groups is 1. The number of nitrogens with one attached hydrogen (secondary N) is 1. The summed E-state index contributed by atoms with van der Waals surface area (Å²) in [5.41, 5.74) is 1.57. The molecule has 0 unspecified atom stereocenters. The lowest BCUT2D eigenvalue weighted by atomic mass is 9.79. The average Bonchev–Trinajstić information content (AvgIpc) is 3.10. The standard InChI is InChI=1S/C20H30N2O/c23-19(15-21-18-11-5-2-6-12-18)22-16-20(13-7-8-14-20)17-9-3-1-4-10-17/h1,3-4,9-10,18,21H,2,5-8,11-16H2,(H,22,23)/p+1. The van der Waals surface area contributed by atoms with Crippen molar-refractivity contribution in [1.29, 1.82) is 0 Å². The van der Waals surface area contributed by atoms with Crippen LogP contribution in [0.15, 0.2) is 30.3 Å². The Morgan fingerprint density at radius 3 is 2.43 bits per heavy atom. The first kappa shape index (κ1) is 16.5. The molecule has 0 radical (unpaired) electrons. The molecular weight excluding hydrogens is 284 g/mol. The summed E-state index contributed by atoms with van der Waals surface area (Å²) in [7, 11) is 0. The maximum absolute atomic E-state index is 12.3. The van der Waals surface area contributed by atoms with Crippen molar-refractivity contribution >= 4 is 5.91 Å². The van der Waals surface area contributed by atoms with Crippen LogP contribution in [0.1, 0.15) is 63.4 Å². The van der Waals surface area contributed by atoms with Crippen molar-refractivity contribution in [3.05, 3.63) is 35.9 Å². The minimum atomic E-state index is 0.168. The second kappa shape index (κ2) is 7.96. The smallest absolute Gasteiger partial charge is 0.275 e. The Balaban J connectivity index is 1.50. The number of benzene rings is 1. The molecule has 2 fully saturated rings. The molecule has 3 nitrogen and oxygen atoms in total. The highest BCUT2D eigenvalue weighted by atomic mass is 16.1. The van der Waals surface area contributed by atoms with E-state index >= 15 is 0 Å². The van der Waals surface area contributed by atoms with E-state index < -0.39 is 0 Å². The number of nitrogens with two attached hydrogens (primary N) is 1. The minimum Gasteiger partial charge on any atom is -0.350 e. The zero-order valence-corrected chi connectivity index (χ0v) is 14.2. The second-order valence-electron chi connectivity index (χ2n) is 7.47. The van der Waals surface area contributed by atoms with Gasteiger partial charge in [-0.15, -0.1) is 0 Å². The molecule has 2 aliphatic rings. The van der Waals surface area contributed by atoms with Crippen molar-refractivity contribution in [2.24, 2.45) is 0 Å². The van der Waals surface area contributed by atoms with E-state index in [9.17, 15) is 4.79 Å². The number of carbonyl (C=O) groups excluding carboxylic acids is 1. The Morgan fingerprint density at radius 2 is 1.74 bits per heavy atom. The zero-order valence-electron chi connectivity index (χ0n) is 14.2. The summed E-state index contributed by atoms with van der Waals surface area (Å²) in [6.07, 6.45) is 11.5. The van der Waals surface area contributed by atoms with Gasteiger partial charge in [0.05, 0.1) is 6.04 Å². The van der Waals surface area contributed by atoms with Gasteiger partial charge in [0.1, 0.15) is 0 Å². The van der Waals surface area contributed by atoms with Crippen LogP contribution in [0.2, 0.25) is 0 Å². The quantitative estimate of drug-likeness (QED) is 0.832. The van der Waals surface area contributed by atoms with E-state index in [0.717, 1.165) is 6.54 Å². The fourth-order valence-corrected chi connectivity index (χ4v) is 4.39. The molecule has 0 aliphatic heterocycles. The summed E-state index contributed by atoms with van der Waals surface area (Å²) in [6.45, 7) is 1.39. The topological polar surface area (TPSA) is 45.7 Å². The lowest BCUT2D eigenvalue weighted by Gasteiger charge is -2.30. The van der Waals surface area contributed by atoms with Crippen LogP contribution in [0.5, 0.6) is 0 Å². The van der Waals surface area contributed by atoms with Gasteiger partial charge in [-0.25, -0.2) is 0 Å². The van der Waals surface area contributed by atoms with Crippen LogP contribution < -0.4 is 10.6 Å². The van der Waals surface area contributed by atoms with Crippen LogP contribution in [0.3, 0.4) is 0 Å². The van der Waals surface area contributed by atoms with E-state index in [2.05, 4.69) is 41.0 Å². The second-order valence-corrected chi connectivity index (χ2v) is 7.47. The van der Waals surface area contributed by atoms with Crippen LogP contribution in [0.25, 0.3) is 0 Å². The summed E-state index contributed by atoms with van der Waals surface area (Å²) in [4.78, 5) is 12.3. The minimum absolute atomic E-state index is 0.168. The van der Waals surface area contributed by atoms with Gasteiger partial charge >= 0.3 is 0 Å². The van der Waals surface area contributed by atoms with Crippen molar-refractivity contribution in [3.8, 4) is 0 Å². The predicted molar refractivity (Wildman–Crippen MR) is 93.3 cm³/mol. The van der Waals surface area contributed by atoms with Gasteiger partial charge in [-0.05, 0) is 44.1 Å². The molecule has 0 heterocycles. The number of amides is 1. The van der Waals surface area contributed by atoms with E-state index in [1.54, 1.807) is 0 Å². The molecule has 1 aromatic rings. The first-order valence-corrected chi connectivity index (χ1v) is 9.44. The molecule has 0 saturated heterocycles. The first-order valence-electron chi connectivity index (χ1n) is 9.44. The first-order chi connectivity index (χ1) is 11.3. The molecule has 1 amide bonds. The van der Waals surface area contributed by atoms with Crippen LogP contribution in [-0.2, 0) is 10.2 Å². The van der Waals surface area contributed by atoms with Crippen LogP contribution in [0.4, 0.5) is 0 Å². The zero-order chi connectivity index (χ0) is 16.0. The SMILES string of the molecule is O=C(C[NH2+]C1CCCCC1)NCC1(c2ccccc2)CCCC1. The Kier molecular flexibility index (Phi) is 5.71. The van der Waals surface area contributed by atoms with Gasteiger partial charge in [0.15, 0.2) is 6.54 Å². The summed E-state index contributed by atoms with van der Waals surface area (Å²) in [5.74, 6) is 0.206. The largest absolute Gasteiger partial charge is 0.350 e. The molecule has 126 valence electrons. The third-order valence-electron chi connectivity index (χ3n) is 5.86. The maximum atomic E-state index is 12.3. The van der Waals surface area contributed by atoms with Crippen molar-refractivity contribution in [2.45, 2.75) is 69.2 Å².